The van der Waals surface area contributed by atoms with Gasteiger partial charge in [-0.3, -0.25) is 0 Å². The van der Waals surface area contributed by atoms with Crippen molar-refractivity contribution in [2.45, 2.75) is 13.3 Å². The van der Waals surface area contributed by atoms with Crippen LogP contribution in [0.4, 0.5) is 0 Å². The maximum absolute atomic E-state index is 2.26. The van der Waals surface area contributed by atoms with Crippen LogP contribution in [0.1, 0.15) is 24.5 Å². The highest BCUT2D eigenvalue weighted by molar-refractivity contribution is 5.63. The molecule has 18 heavy (non-hydrogen) atoms. The molecule has 0 aromatic heterocycles. The average Bonchev–Trinajstić information content (AvgIpc) is 2.45. The molecule has 0 saturated heterocycles. The van der Waals surface area contributed by atoms with E-state index in [0.29, 0.717) is 0 Å². The standard InChI is InChI=1S/C18H18/c1-16(18-14-6-3-7-15-18)10-8-9-13-17-11-4-2-5-12-17/h2-7,9-15H,8H2,1H3. The Bertz CT molecular complexity index is 518. The molecule has 0 aliphatic rings. The van der Waals surface area contributed by atoms with Crippen LogP contribution >= 0.6 is 0 Å². The highest BCUT2D eigenvalue weighted by Gasteiger charge is 1.91. The van der Waals surface area contributed by atoms with Gasteiger partial charge in [0.25, 0.3) is 0 Å². The van der Waals surface area contributed by atoms with Crippen molar-refractivity contribution in [3.8, 4) is 0 Å². The molecule has 0 heteroatoms. The summed E-state index contributed by atoms with van der Waals surface area (Å²) in [5.74, 6) is 0. The molecule has 0 spiro atoms. The fourth-order valence-corrected chi connectivity index (χ4v) is 1.83. The molecule has 0 amide bonds. The Hall–Kier alpha value is -2.08. The molecule has 0 heterocycles. The van der Waals surface area contributed by atoms with Crippen LogP contribution in [0.2, 0.25) is 0 Å². The fraction of sp³-hybridized carbons (Fsp3) is 0.111. The molecule has 0 nitrogen and oxygen atoms in total. The molecule has 2 aromatic rings. The highest BCUT2D eigenvalue weighted by Crippen LogP contribution is 2.13. The van der Waals surface area contributed by atoms with E-state index in [4.69, 9.17) is 0 Å². The Morgan fingerprint density at radius 1 is 0.889 bits per heavy atom. The van der Waals surface area contributed by atoms with Gasteiger partial charge in [0.1, 0.15) is 0 Å². The van der Waals surface area contributed by atoms with Crippen molar-refractivity contribution in [2.75, 3.05) is 0 Å². The molecule has 0 radical (unpaired) electrons. The molecule has 0 aliphatic carbocycles. The normalized spacial score (nSPS) is 11.9. The zero-order valence-corrected chi connectivity index (χ0v) is 10.7. The maximum atomic E-state index is 2.26. The Morgan fingerprint density at radius 3 is 2.17 bits per heavy atom. The van der Waals surface area contributed by atoms with Gasteiger partial charge in [0.2, 0.25) is 0 Å². The van der Waals surface area contributed by atoms with Gasteiger partial charge in [-0.05, 0) is 30.0 Å². The van der Waals surface area contributed by atoms with Gasteiger partial charge >= 0.3 is 0 Å². The third-order valence-corrected chi connectivity index (χ3v) is 2.90. The highest BCUT2D eigenvalue weighted by atomic mass is 14.0. The van der Waals surface area contributed by atoms with E-state index in [-0.39, 0.29) is 0 Å². The molecular weight excluding hydrogens is 216 g/mol. The molecule has 0 unspecified atom stereocenters. The number of hydrogen-bond donors (Lipinski definition) is 0. The smallest absolute Gasteiger partial charge is 0.0160 e. The average molecular weight is 234 g/mol. The van der Waals surface area contributed by atoms with Crippen LogP contribution in [0.3, 0.4) is 0 Å². The summed E-state index contributed by atoms with van der Waals surface area (Å²) < 4.78 is 0. The van der Waals surface area contributed by atoms with Crippen molar-refractivity contribution >= 4 is 11.6 Å². The Labute approximate surface area is 109 Å². The van der Waals surface area contributed by atoms with Crippen LogP contribution in [0, 0.1) is 0 Å². The molecule has 0 fully saturated rings. The van der Waals surface area contributed by atoms with Gasteiger partial charge in [0.15, 0.2) is 0 Å². The SMILES string of the molecule is CC(=CCC=Cc1ccccc1)c1ccccc1. The van der Waals surface area contributed by atoms with Gasteiger partial charge in [-0.25, -0.2) is 0 Å². The first-order valence-electron chi connectivity index (χ1n) is 6.30. The second kappa shape index (κ2) is 6.61. The number of rotatable bonds is 4. The predicted octanol–water partition coefficient (Wildman–Crippen LogP) is 5.19. The van der Waals surface area contributed by atoms with E-state index < -0.39 is 0 Å². The van der Waals surface area contributed by atoms with Crippen molar-refractivity contribution in [3.63, 3.8) is 0 Å². The molecule has 2 aromatic carbocycles. The minimum atomic E-state index is 0.968. The first-order valence-corrected chi connectivity index (χ1v) is 6.30. The predicted molar refractivity (Wildman–Crippen MR) is 80.2 cm³/mol. The van der Waals surface area contributed by atoms with E-state index in [9.17, 15) is 0 Å². The van der Waals surface area contributed by atoms with E-state index in [1.54, 1.807) is 0 Å². The molecule has 0 saturated carbocycles. The van der Waals surface area contributed by atoms with Crippen LogP contribution in [-0.4, -0.2) is 0 Å². The summed E-state index contributed by atoms with van der Waals surface area (Å²) in [7, 11) is 0. The first kappa shape index (κ1) is 12.4. The summed E-state index contributed by atoms with van der Waals surface area (Å²) in [6.45, 7) is 2.16. The van der Waals surface area contributed by atoms with Crippen LogP contribution < -0.4 is 0 Å². The van der Waals surface area contributed by atoms with Crippen LogP contribution in [0.25, 0.3) is 11.6 Å². The zero-order chi connectivity index (χ0) is 12.6. The lowest BCUT2D eigenvalue weighted by Crippen LogP contribution is -1.77. The van der Waals surface area contributed by atoms with E-state index in [1.165, 1.54) is 16.7 Å². The third-order valence-electron chi connectivity index (χ3n) is 2.90. The Kier molecular flexibility index (Phi) is 4.54. The summed E-state index contributed by atoms with van der Waals surface area (Å²) in [5, 5.41) is 0. The first-order chi connectivity index (χ1) is 8.86. The monoisotopic (exact) mass is 234 g/mol. The molecule has 0 bridgehead atoms. The van der Waals surface area contributed by atoms with Gasteiger partial charge in [0.05, 0.1) is 0 Å². The van der Waals surface area contributed by atoms with Crippen molar-refractivity contribution in [2.24, 2.45) is 0 Å². The largest absolute Gasteiger partial charge is 0.0801 e. The second-order valence-corrected chi connectivity index (χ2v) is 4.30. The summed E-state index contributed by atoms with van der Waals surface area (Å²) in [6, 6.07) is 20.9. The topological polar surface area (TPSA) is 0 Å². The van der Waals surface area contributed by atoms with Crippen molar-refractivity contribution in [3.05, 3.63) is 83.9 Å². The zero-order valence-electron chi connectivity index (χ0n) is 10.7. The van der Waals surface area contributed by atoms with Gasteiger partial charge in [-0.15, -0.1) is 0 Å². The molecule has 90 valence electrons. The van der Waals surface area contributed by atoms with Gasteiger partial charge in [-0.1, -0.05) is 78.9 Å². The van der Waals surface area contributed by atoms with E-state index in [2.05, 4.69) is 73.7 Å². The molecule has 0 atom stereocenters. The third kappa shape index (κ3) is 3.74. The summed E-state index contributed by atoms with van der Waals surface area (Å²) >= 11 is 0. The minimum absolute atomic E-state index is 0.968. The Morgan fingerprint density at radius 2 is 1.50 bits per heavy atom. The maximum Gasteiger partial charge on any atom is -0.0160 e. The quantitative estimate of drug-likeness (QED) is 0.682. The van der Waals surface area contributed by atoms with Crippen molar-refractivity contribution < 1.29 is 0 Å². The minimum Gasteiger partial charge on any atom is -0.0801 e. The van der Waals surface area contributed by atoms with Gasteiger partial charge in [0, 0.05) is 0 Å². The lowest BCUT2D eigenvalue weighted by atomic mass is 10.1. The van der Waals surface area contributed by atoms with Crippen molar-refractivity contribution in [1.29, 1.82) is 0 Å². The molecular formula is C18H18. The summed E-state index contributed by atoms with van der Waals surface area (Å²) in [4.78, 5) is 0. The van der Waals surface area contributed by atoms with Crippen molar-refractivity contribution in [1.82, 2.24) is 0 Å². The van der Waals surface area contributed by atoms with Crippen LogP contribution in [-0.2, 0) is 0 Å². The molecule has 0 aliphatic heterocycles. The van der Waals surface area contributed by atoms with Gasteiger partial charge < -0.3 is 0 Å². The Balaban J connectivity index is 1.94. The molecule has 2 rings (SSSR count). The van der Waals surface area contributed by atoms with Gasteiger partial charge in [-0.2, -0.15) is 0 Å². The van der Waals surface area contributed by atoms with E-state index >= 15 is 0 Å². The number of hydrogen-bond acceptors (Lipinski definition) is 0. The lowest BCUT2D eigenvalue weighted by molar-refractivity contribution is 1.39. The number of benzene rings is 2. The second-order valence-electron chi connectivity index (χ2n) is 4.30. The fourth-order valence-electron chi connectivity index (χ4n) is 1.83. The van der Waals surface area contributed by atoms with E-state index in [1.807, 2.05) is 12.1 Å². The van der Waals surface area contributed by atoms with Crippen LogP contribution in [0.5, 0.6) is 0 Å². The summed E-state index contributed by atoms with van der Waals surface area (Å²) in [5.41, 5.74) is 3.88. The number of allylic oxidation sites excluding steroid dienone is 3. The van der Waals surface area contributed by atoms with Crippen LogP contribution in [0.15, 0.2) is 72.8 Å². The molecule has 0 N–H and O–H groups in total. The summed E-state index contributed by atoms with van der Waals surface area (Å²) in [6.07, 6.45) is 7.58. The lowest BCUT2D eigenvalue weighted by Gasteiger charge is -1.99. The van der Waals surface area contributed by atoms with E-state index in [0.717, 1.165) is 6.42 Å².